The number of Topliss-reactive ketones (excluding diaryl/α,β-unsaturated/α-hetero) is 1. The molecule has 10 heteroatoms. The number of carbonyl (C=O) groups is 1. The Hall–Kier alpha value is -3.07. The van der Waals surface area contributed by atoms with Crippen molar-refractivity contribution in [3.8, 4) is 11.6 Å². The lowest BCUT2D eigenvalue weighted by atomic mass is 10.0. The number of hydrogen-bond donors (Lipinski definition) is 0. The molecule has 2 aromatic carbocycles. The first-order chi connectivity index (χ1) is 14.1. The van der Waals surface area contributed by atoms with Crippen molar-refractivity contribution in [3.05, 3.63) is 82.3 Å². The van der Waals surface area contributed by atoms with Crippen LogP contribution in [0.15, 0.2) is 48.8 Å². The first-order valence-corrected chi connectivity index (χ1v) is 8.81. The minimum Gasteiger partial charge on any atom is -0.433 e. The molecular formula is C20H12ClF5N2O2. The summed E-state index contributed by atoms with van der Waals surface area (Å²) in [5, 5.41) is 0.0117. The van der Waals surface area contributed by atoms with Crippen molar-refractivity contribution in [2.75, 3.05) is 0 Å². The van der Waals surface area contributed by atoms with E-state index in [4.69, 9.17) is 16.3 Å². The lowest BCUT2D eigenvalue weighted by Crippen LogP contribution is -2.10. The highest BCUT2D eigenvalue weighted by Gasteiger charge is 2.30. The van der Waals surface area contributed by atoms with E-state index in [9.17, 15) is 26.7 Å². The number of halogens is 6. The predicted octanol–water partition coefficient (Wildman–Crippen LogP) is 5.57. The van der Waals surface area contributed by atoms with Crippen LogP contribution in [-0.4, -0.2) is 15.8 Å². The molecular weight excluding hydrogens is 431 g/mol. The van der Waals surface area contributed by atoms with Crippen molar-refractivity contribution in [2.24, 2.45) is 0 Å². The lowest BCUT2D eigenvalue weighted by molar-refractivity contribution is -0.137. The molecule has 0 saturated heterocycles. The van der Waals surface area contributed by atoms with Crippen molar-refractivity contribution >= 4 is 17.4 Å². The van der Waals surface area contributed by atoms with Gasteiger partial charge in [-0.15, -0.1) is 0 Å². The van der Waals surface area contributed by atoms with Crippen LogP contribution < -0.4 is 4.74 Å². The van der Waals surface area contributed by atoms with Crippen molar-refractivity contribution in [1.82, 2.24) is 9.97 Å². The van der Waals surface area contributed by atoms with E-state index in [2.05, 4.69) is 9.97 Å². The fourth-order valence-electron chi connectivity index (χ4n) is 2.67. The summed E-state index contributed by atoms with van der Waals surface area (Å²) in [5.41, 5.74) is -0.720. The van der Waals surface area contributed by atoms with Crippen LogP contribution in [0, 0.1) is 11.6 Å². The Morgan fingerprint density at radius 1 is 0.967 bits per heavy atom. The number of hydrogen-bond acceptors (Lipinski definition) is 4. The van der Waals surface area contributed by atoms with Gasteiger partial charge in [0.15, 0.2) is 11.6 Å². The Bertz CT molecular complexity index is 1070. The number of alkyl halides is 3. The summed E-state index contributed by atoms with van der Waals surface area (Å²) in [6.45, 7) is 0. The minimum atomic E-state index is -4.53. The molecule has 0 spiro atoms. The maximum Gasteiger partial charge on any atom is 0.416 e. The Labute approximate surface area is 172 Å². The first-order valence-electron chi connectivity index (χ1n) is 8.43. The first kappa shape index (κ1) is 21.6. The van der Waals surface area contributed by atoms with Crippen LogP contribution in [0.5, 0.6) is 11.6 Å². The van der Waals surface area contributed by atoms with Crippen LogP contribution >= 0.6 is 11.6 Å². The molecule has 0 amide bonds. The number of aromatic nitrogens is 2. The zero-order chi connectivity index (χ0) is 21.9. The third-order valence-corrected chi connectivity index (χ3v) is 4.14. The molecule has 30 heavy (non-hydrogen) atoms. The molecule has 0 atom stereocenters. The average molecular weight is 443 g/mol. The Balaban J connectivity index is 1.72. The van der Waals surface area contributed by atoms with Crippen LogP contribution in [0.3, 0.4) is 0 Å². The second kappa shape index (κ2) is 8.74. The van der Waals surface area contributed by atoms with E-state index in [1.165, 1.54) is 12.1 Å². The molecule has 3 aromatic rings. The fraction of sp³-hybridized carbons (Fsp3) is 0.150. The van der Waals surface area contributed by atoms with E-state index >= 15 is 0 Å². The van der Waals surface area contributed by atoms with Crippen LogP contribution in [0.2, 0.25) is 5.15 Å². The number of ketones is 1. The SMILES string of the molecule is O=C(Cc1cccc(C(F)(F)F)c1)Cc1cc(F)c(Oc2cc(Cl)ncn2)c(F)c1. The van der Waals surface area contributed by atoms with Gasteiger partial charge in [0.25, 0.3) is 0 Å². The van der Waals surface area contributed by atoms with Gasteiger partial charge in [0, 0.05) is 18.9 Å². The van der Waals surface area contributed by atoms with Gasteiger partial charge in [-0.05, 0) is 29.3 Å². The van der Waals surface area contributed by atoms with Crippen molar-refractivity contribution in [2.45, 2.75) is 19.0 Å². The topological polar surface area (TPSA) is 52.1 Å². The van der Waals surface area contributed by atoms with Gasteiger partial charge >= 0.3 is 6.18 Å². The minimum absolute atomic E-state index is 0.00930. The number of ether oxygens (including phenoxy) is 1. The van der Waals surface area contributed by atoms with Crippen LogP contribution in [-0.2, 0) is 23.8 Å². The van der Waals surface area contributed by atoms with E-state index in [1.807, 2.05) is 0 Å². The number of carbonyl (C=O) groups excluding carboxylic acids is 1. The molecule has 0 fully saturated rings. The molecule has 0 aliphatic heterocycles. The van der Waals surface area contributed by atoms with Crippen LogP contribution in [0.25, 0.3) is 0 Å². The van der Waals surface area contributed by atoms with Crippen LogP contribution in [0.4, 0.5) is 22.0 Å². The standard InChI is InChI=1S/C20H12ClF5N2O2/c21-17-9-18(28-10-27-17)30-19-15(22)7-12(8-16(19)23)6-14(29)5-11-2-1-3-13(4-11)20(24,25)26/h1-4,7-10H,5-6H2. The van der Waals surface area contributed by atoms with E-state index in [1.54, 1.807) is 0 Å². The van der Waals surface area contributed by atoms with Crippen molar-refractivity contribution < 1.29 is 31.5 Å². The maximum absolute atomic E-state index is 14.3. The number of rotatable bonds is 6. The highest BCUT2D eigenvalue weighted by atomic mass is 35.5. The van der Waals surface area contributed by atoms with Crippen LogP contribution in [0.1, 0.15) is 16.7 Å². The van der Waals surface area contributed by atoms with E-state index < -0.39 is 34.9 Å². The van der Waals surface area contributed by atoms with Gasteiger partial charge in [-0.1, -0.05) is 29.8 Å². The highest BCUT2D eigenvalue weighted by molar-refractivity contribution is 6.29. The van der Waals surface area contributed by atoms with Gasteiger partial charge < -0.3 is 4.74 Å². The molecule has 156 valence electrons. The van der Waals surface area contributed by atoms with Gasteiger partial charge in [0.1, 0.15) is 17.3 Å². The average Bonchev–Trinajstić information content (AvgIpc) is 2.64. The molecule has 1 heterocycles. The zero-order valence-electron chi connectivity index (χ0n) is 15.0. The molecule has 0 radical (unpaired) electrons. The lowest BCUT2D eigenvalue weighted by Gasteiger charge is -2.10. The predicted molar refractivity (Wildman–Crippen MR) is 97.3 cm³/mol. The van der Waals surface area contributed by atoms with Crippen molar-refractivity contribution in [3.63, 3.8) is 0 Å². The number of nitrogens with zero attached hydrogens (tertiary/aromatic N) is 2. The van der Waals surface area contributed by atoms with Gasteiger partial charge in [0.05, 0.1) is 5.56 Å². The largest absolute Gasteiger partial charge is 0.433 e. The monoisotopic (exact) mass is 442 g/mol. The molecule has 0 saturated carbocycles. The third kappa shape index (κ3) is 5.50. The van der Waals surface area contributed by atoms with Gasteiger partial charge in [-0.25, -0.2) is 18.7 Å². The maximum atomic E-state index is 14.3. The van der Waals surface area contributed by atoms with Gasteiger partial charge in [-0.3, -0.25) is 4.79 Å². The Morgan fingerprint density at radius 3 is 2.27 bits per heavy atom. The Kier molecular flexibility index (Phi) is 6.31. The summed E-state index contributed by atoms with van der Waals surface area (Å²) in [4.78, 5) is 19.5. The summed E-state index contributed by atoms with van der Waals surface area (Å²) in [6.07, 6.45) is -4.17. The molecule has 3 rings (SSSR count). The summed E-state index contributed by atoms with van der Waals surface area (Å²) < 4.78 is 71.9. The molecule has 0 bridgehead atoms. The van der Waals surface area contributed by atoms with Gasteiger partial charge in [0.2, 0.25) is 11.6 Å². The molecule has 0 aliphatic rings. The molecule has 1 aromatic heterocycles. The molecule has 4 nitrogen and oxygen atoms in total. The normalized spacial score (nSPS) is 11.4. The summed E-state index contributed by atoms with van der Waals surface area (Å²) >= 11 is 5.66. The number of benzene rings is 2. The quantitative estimate of drug-likeness (QED) is 0.370. The summed E-state index contributed by atoms with van der Waals surface area (Å²) in [7, 11) is 0. The third-order valence-electron chi connectivity index (χ3n) is 3.93. The van der Waals surface area contributed by atoms with E-state index in [0.29, 0.717) is 0 Å². The molecule has 0 aliphatic carbocycles. The summed E-state index contributed by atoms with van der Waals surface area (Å²) in [6, 6.07) is 7.29. The van der Waals surface area contributed by atoms with Gasteiger partial charge in [-0.2, -0.15) is 13.2 Å². The van der Waals surface area contributed by atoms with E-state index in [-0.39, 0.29) is 35.0 Å². The molecule has 0 unspecified atom stereocenters. The second-order valence-electron chi connectivity index (χ2n) is 6.26. The second-order valence-corrected chi connectivity index (χ2v) is 6.65. The Morgan fingerprint density at radius 2 is 1.63 bits per heavy atom. The zero-order valence-corrected chi connectivity index (χ0v) is 15.8. The highest BCUT2D eigenvalue weighted by Crippen LogP contribution is 2.30. The summed E-state index contributed by atoms with van der Waals surface area (Å²) in [5.74, 6) is -3.58. The van der Waals surface area contributed by atoms with E-state index in [0.717, 1.165) is 36.7 Å². The molecule has 0 N–H and O–H groups in total. The van der Waals surface area contributed by atoms with Crippen molar-refractivity contribution in [1.29, 1.82) is 0 Å². The fourth-order valence-corrected chi connectivity index (χ4v) is 2.80. The smallest absolute Gasteiger partial charge is 0.416 e.